The summed E-state index contributed by atoms with van der Waals surface area (Å²) in [7, 11) is 0. The summed E-state index contributed by atoms with van der Waals surface area (Å²) in [6, 6.07) is 10.8. The first-order valence-corrected chi connectivity index (χ1v) is 10.3. The third-order valence-corrected chi connectivity index (χ3v) is 5.33. The predicted octanol–water partition coefficient (Wildman–Crippen LogP) is 6.46. The Balaban J connectivity index is 2.03. The molecule has 140 valence electrons. The number of hydrogen-bond donors (Lipinski definition) is 0. The lowest BCUT2D eigenvalue weighted by Gasteiger charge is -2.10. The summed E-state index contributed by atoms with van der Waals surface area (Å²) < 4.78 is 12.3. The number of ether oxygens (including phenoxy) is 1. The number of esters is 1. The first kappa shape index (κ1) is 19.8. The maximum atomic E-state index is 13.2. The van der Waals surface area contributed by atoms with Crippen molar-refractivity contribution in [1.82, 2.24) is 0 Å². The van der Waals surface area contributed by atoms with Crippen molar-refractivity contribution in [1.29, 1.82) is 0 Å². The first-order valence-electron chi connectivity index (χ1n) is 8.71. The molecule has 0 aliphatic carbocycles. The number of benzene rings is 2. The van der Waals surface area contributed by atoms with Crippen LogP contribution < -0.4 is 4.74 Å². The predicted molar refractivity (Wildman–Crippen MR) is 111 cm³/mol. The molecule has 0 unspecified atom stereocenters. The van der Waals surface area contributed by atoms with E-state index in [-0.39, 0.29) is 11.8 Å². The Hall–Kier alpha value is -1.92. The van der Waals surface area contributed by atoms with E-state index >= 15 is 0 Å². The zero-order valence-corrected chi connectivity index (χ0v) is 18.1. The molecule has 0 radical (unpaired) electrons. The molecule has 0 atom stereocenters. The van der Waals surface area contributed by atoms with Gasteiger partial charge in [0.1, 0.15) is 11.3 Å². The van der Waals surface area contributed by atoms with E-state index in [1.54, 1.807) is 12.1 Å². The molecular formula is C21H18Br2O4. The number of aryl methyl sites for hydroxylation is 1. The number of furan rings is 1. The lowest BCUT2D eigenvalue weighted by Crippen LogP contribution is -2.09. The van der Waals surface area contributed by atoms with Crippen molar-refractivity contribution in [2.24, 2.45) is 0 Å². The number of ketones is 1. The normalized spacial score (nSPS) is 11.0. The molecule has 0 saturated carbocycles. The number of carbonyl (C=O) groups excluding carboxylic acids is 2. The van der Waals surface area contributed by atoms with Crippen LogP contribution >= 0.6 is 31.9 Å². The van der Waals surface area contributed by atoms with Crippen LogP contribution in [-0.2, 0) is 11.2 Å². The second-order valence-electron chi connectivity index (χ2n) is 6.07. The van der Waals surface area contributed by atoms with Crippen molar-refractivity contribution >= 4 is 54.6 Å². The second-order valence-corrected chi connectivity index (χ2v) is 7.78. The molecule has 0 fully saturated rings. The maximum absolute atomic E-state index is 13.2. The van der Waals surface area contributed by atoms with E-state index in [0.717, 1.165) is 5.39 Å². The van der Waals surface area contributed by atoms with Crippen LogP contribution in [0.1, 0.15) is 48.4 Å². The van der Waals surface area contributed by atoms with Gasteiger partial charge in [0.2, 0.25) is 0 Å². The molecule has 3 rings (SSSR count). The highest BCUT2D eigenvalue weighted by molar-refractivity contribution is 9.11. The van der Waals surface area contributed by atoms with Gasteiger partial charge in [-0.3, -0.25) is 9.59 Å². The molecule has 4 nitrogen and oxygen atoms in total. The zero-order chi connectivity index (χ0) is 19.6. The van der Waals surface area contributed by atoms with E-state index in [1.807, 2.05) is 38.1 Å². The van der Waals surface area contributed by atoms with Crippen LogP contribution in [0.3, 0.4) is 0 Å². The minimum atomic E-state index is -0.313. The quantitative estimate of drug-likeness (QED) is 0.224. The highest BCUT2D eigenvalue weighted by Gasteiger charge is 2.23. The fraction of sp³-hybridized carbons (Fsp3) is 0.238. The van der Waals surface area contributed by atoms with Crippen molar-refractivity contribution in [3.63, 3.8) is 0 Å². The van der Waals surface area contributed by atoms with Crippen molar-refractivity contribution < 1.29 is 18.7 Å². The Labute approximate surface area is 174 Å². The molecule has 3 aromatic rings. The van der Waals surface area contributed by atoms with Gasteiger partial charge in [-0.25, -0.2) is 0 Å². The number of para-hydroxylation sites is 1. The fourth-order valence-corrected chi connectivity index (χ4v) is 4.24. The number of fused-ring (bicyclic) bond motifs is 1. The summed E-state index contributed by atoms with van der Waals surface area (Å²) in [6.45, 7) is 3.87. The van der Waals surface area contributed by atoms with Gasteiger partial charge < -0.3 is 9.15 Å². The molecule has 0 amide bonds. The van der Waals surface area contributed by atoms with Gasteiger partial charge in [0, 0.05) is 23.8 Å². The summed E-state index contributed by atoms with van der Waals surface area (Å²) in [4.78, 5) is 25.0. The average molecular weight is 494 g/mol. The number of carbonyl (C=O) groups is 2. The maximum Gasteiger partial charge on any atom is 0.311 e. The Bertz CT molecular complexity index is 997. The van der Waals surface area contributed by atoms with Gasteiger partial charge >= 0.3 is 5.97 Å². The smallest absolute Gasteiger partial charge is 0.311 e. The van der Waals surface area contributed by atoms with E-state index < -0.39 is 0 Å². The highest BCUT2D eigenvalue weighted by Crippen LogP contribution is 2.37. The second kappa shape index (κ2) is 8.40. The van der Waals surface area contributed by atoms with E-state index in [0.29, 0.717) is 56.4 Å². The van der Waals surface area contributed by atoms with E-state index in [9.17, 15) is 9.59 Å². The van der Waals surface area contributed by atoms with Gasteiger partial charge in [0.05, 0.1) is 14.5 Å². The van der Waals surface area contributed by atoms with Crippen LogP contribution in [0, 0.1) is 0 Å². The first-order chi connectivity index (χ1) is 13.0. The molecule has 0 bridgehead atoms. The molecule has 0 N–H and O–H groups in total. The van der Waals surface area contributed by atoms with E-state index in [2.05, 4.69) is 31.9 Å². The van der Waals surface area contributed by atoms with E-state index in [1.165, 1.54) is 0 Å². The van der Waals surface area contributed by atoms with Crippen molar-refractivity contribution in [3.05, 3.63) is 62.2 Å². The SMILES string of the molecule is CCCC(=O)Oc1c(Br)cc(C(=O)c2c(CC)oc3ccccc23)cc1Br. The lowest BCUT2D eigenvalue weighted by molar-refractivity contribution is -0.134. The largest absolute Gasteiger partial charge is 0.460 e. The molecule has 27 heavy (non-hydrogen) atoms. The van der Waals surface area contributed by atoms with Crippen molar-refractivity contribution in [2.75, 3.05) is 0 Å². The van der Waals surface area contributed by atoms with Crippen LogP contribution in [0.15, 0.2) is 49.8 Å². The van der Waals surface area contributed by atoms with E-state index in [4.69, 9.17) is 9.15 Å². The molecular weight excluding hydrogens is 476 g/mol. The molecule has 0 aliphatic rings. The molecule has 1 aromatic heterocycles. The van der Waals surface area contributed by atoms with Crippen molar-refractivity contribution in [2.45, 2.75) is 33.1 Å². The standard InChI is InChI=1S/C21H18Br2O4/c1-3-7-18(24)27-21-14(22)10-12(11-15(21)23)20(25)19-13-8-5-6-9-17(13)26-16(19)4-2/h5-6,8-11H,3-4,7H2,1-2H3. The topological polar surface area (TPSA) is 56.5 Å². The monoisotopic (exact) mass is 492 g/mol. The van der Waals surface area contributed by atoms with Crippen molar-refractivity contribution in [3.8, 4) is 5.75 Å². The van der Waals surface area contributed by atoms with Gasteiger partial charge in [-0.2, -0.15) is 0 Å². The minimum Gasteiger partial charge on any atom is -0.460 e. The summed E-state index contributed by atoms with van der Waals surface area (Å²) >= 11 is 6.82. The Morgan fingerprint density at radius 2 is 1.74 bits per heavy atom. The summed E-state index contributed by atoms with van der Waals surface area (Å²) in [5.74, 6) is 0.585. The zero-order valence-electron chi connectivity index (χ0n) is 15.0. The molecule has 0 saturated heterocycles. The van der Waals surface area contributed by atoms with Crippen LogP contribution in [-0.4, -0.2) is 11.8 Å². The summed E-state index contributed by atoms with van der Waals surface area (Å²) in [5.41, 5.74) is 1.74. The molecule has 0 spiro atoms. The third kappa shape index (κ3) is 4.01. The van der Waals surface area contributed by atoms with Gasteiger partial charge in [-0.05, 0) is 56.5 Å². The molecule has 0 aliphatic heterocycles. The number of halogens is 2. The van der Waals surface area contributed by atoms with Gasteiger partial charge in [0.25, 0.3) is 0 Å². The third-order valence-electron chi connectivity index (χ3n) is 4.15. The molecule has 1 heterocycles. The number of rotatable bonds is 6. The average Bonchev–Trinajstić information content (AvgIpc) is 3.02. The Morgan fingerprint density at radius 3 is 2.37 bits per heavy atom. The van der Waals surface area contributed by atoms with Gasteiger partial charge in [-0.1, -0.05) is 32.0 Å². The Morgan fingerprint density at radius 1 is 1.07 bits per heavy atom. The van der Waals surface area contributed by atoms with Gasteiger partial charge in [0.15, 0.2) is 11.5 Å². The number of hydrogen-bond acceptors (Lipinski definition) is 4. The van der Waals surface area contributed by atoms with Crippen LogP contribution in [0.25, 0.3) is 11.0 Å². The van der Waals surface area contributed by atoms with Crippen LogP contribution in [0.4, 0.5) is 0 Å². The summed E-state index contributed by atoms with van der Waals surface area (Å²) in [5, 5.41) is 0.796. The highest BCUT2D eigenvalue weighted by atomic mass is 79.9. The fourth-order valence-electron chi connectivity index (χ4n) is 2.90. The van der Waals surface area contributed by atoms with Crippen LogP contribution in [0.2, 0.25) is 0 Å². The minimum absolute atomic E-state index is 0.135. The molecule has 2 aromatic carbocycles. The molecule has 6 heteroatoms. The summed E-state index contributed by atoms with van der Waals surface area (Å²) in [6.07, 6.45) is 1.66. The van der Waals surface area contributed by atoms with Crippen LogP contribution in [0.5, 0.6) is 5.75 Å². The van der Waals surface area contributed by atoms with Gasteiger partial charge in [-0.15, -0.1) is 0 Å². The Kier molecular flexibility index (Phi) is 6.17. The lowest BCUT2D eigenvalue weighted by atomic mass is 9.99.